The van der Waals surface area contributed by atoms with Gasteiger partial charge in [0.15, 0.2) is 6.10 Å². The molecule has 14 heavy (non-hydrogen) atoms. The van der Waals surface area contributed by atoms with Gasteiger partial charge in [0.25, 0.3) is 0 Å². The van der Waals surface area contributed by atoms with Crippen molar-refractivity contribution in [2.45, 2.75) is 37.4 Å². The Balaban J connectivity index is 2.80. The first-order valence-electron chi connectivity index (χ1n) is 4.26. The van der Waals surface area contributed by atoms with Gasteiger partial charge in [-0.25, -0.2) is 4.79 Å². The van der Waals surface area contributed by atoms with Gasteiger partial charge in [-0.2, -0.15) is 0 Å². The maximum atomic E-state index is 10.7. The standard InChI is InChI=1S/C8H14O6/c1-3-4(9)6(13-2)5(10)7(14-3)8(11)12/h3-7,9-10H,1-2H3,(H,11,12)/t3-,4?,5-,6?,7?/m1/s1. The summed E-state index contributed by atoms with van der Waals surface area (Å²) in [6, 6.07) is 0. The fourth-order valence-corrected chi connectivity index (χ4v) is 1.52. The number of rotatable bonds is 2. The van der Waals surface area contributed by atoms with E-state index in [1.54, 1.807) is 0 Å². The number of carboxylic acids is 1. The van der Waals surface area contributed by atoms with Crippen LogP contribution in [0.5, 0.6) is 0 Å². The Kier molecular flexibility index (Phi) is 3.43. The van der Waals surface area contributed by atoms with Crippen LogP contribution >= 0.6 is 0 Å². The van der Waals surface area contributed by atoms with Gasteiger partial charge < -0.3 is 24.8 Å². The van der Waals surface area contributed by atoms with E-state index in [2.05, 4.69) is 0 Å². The average Bonchev–Trinajstić information content (AvgIpc) is 2.12. The molecule has 0 aromatic heterocycles. The predicted molar refractivity (Wildman–Crippen MR) is 44.8 cm³/mol. The van der Waals surface area contributed by atoms with E-state index in [0.717, 1.165) is 0 Å². The van der Waals surface area contributed by atoms with Crippen LogP contribution in [-0.2, 0) is 14.3 Å². The van der Waals surface area contributed by atoms with Gasteiger partial charge in [0, 0.05) is 7.11 Å². The molecule has 3 N–H and O–H groups in total. The molecule has 6 nitrogen and oxygen atoms in total. The number of aliphatic hydroxyl groups is 2. The van der Waals surface area contributed by atoms with Crippen molar-refractivity contribution in [3.05, 3.63) is 0 Å². The van der Waals surface area contributed by atoms with Crippen LogP contribution in [0.1, 0.15) is 6.92 Å². The lowest BCUT2D eigenvalue weighted by Gasteiger charge is -2.39. The minimum absolute atomic E-state index is 0.676. The summed E-state index contributed by atoms with van der Waals surface area (Å²) in [5.74, 6) is -1.27. The van der Waals surface area contributed by atoms with Gasteiger partial charge in [-0.1, -0.05) is 0 Å². The van der Waals surface area contributed by atoms with Gasteiger partial charge >= 0.3 is 5.97 Å². The minimum atomic E-state index is -1.36. The highest BCUT2D eigenvalue weighted by molar-refractivity contribution is 5.73. The molecule has 0 aromatic carbocycles. The molecular weight excluding hydrogens is 192 g/mol. The van der Waals surface area contributed by atoms with E-state index < -0.39 is 36.5 Å². The fraction of sp³-hybridized carbons (Fsp3) is 0.875. The molecule has 1 aliphatic rings. The summed E-state index contributed by atoms with van der Waals surface area (Å²) >= 11 is 0. The Labute approximate surface area is 81.1 Å². The Bertz CT molecular complexity index is 218. The smallest absolute Gasteiger partial charge is 0.335 e. The summed E-state index contributed by atoms with van der Waals surface area (Å²) in [4.78, 5) is 10.7. The third-order valence-electron chi connectivity index (χ3n) is 2.34. The Hall–Kier alpha value is -0.690. The highest BCUT2D eigenvalue weighted by atomic mass is 16.6. The van der Waals surface area contributed by atoms with E-state index in [4.69, 9.17) is 14.6 Å². The molecule has 6 heteroatoms. The molecule has 0 bridgehead atoms. The number of hydrogen-bond donors (Lipinski definition) is 3. The van der Waals surface area contributed by atoms with E-state index in [-0.39, 0.29) is 0 Å². The van der Waals surface area contributed by atoms with Crippen molar-refractivity contribution in [2.75, 3.05) is 7.11 Å². The normalized spacial score (nSPS) is 43.6. The zero-order valence-corrected chi connectivity index (χ0v) is 7.95. The first-order valence-corrected chi connectivity index (χ1v) is 4.26. The third-order valence-corrected chi connectivity index (χ3v) is 2.34. The zero-order valence-electron chi connectivity index (χ0n) is 7.95. The van der Waals surface area contributed by atoms with Crippen molar-refractivity contribution in [1.82, 2.24) is 0 Å². The van der Waals surface area contributed by atoms with Gasteiger partial charge in [0.1, 0.15) is 18.3 Å². The van der Waals surface area contributed by atoms with E-state index in [1.807, 2.05) is 0 Å². The Morgan fingerprint density at radius 3 is 2.36 bits per heavy atom. The second-order valence-corrected chi connectivity index (χ2v) is 3.28. The maximum Gasteiger partial charge on any atom is 0.335 e. The number of methoxy groups -OCH3 is 1. The predicted octanol–water partition coefficient (Wildman–Crippen LogP) is -1.40. The van der Waals surface area contributed by atoms with Crippen LogP contribution in [0.25, 0.3) is 0 Å². The molecule has 82 valence electrons. The second-order valence-electron chi connectivity index (χ2n) is 3.28. The van der Waals surface area contributed by atoms with Crippen LogP contribution in [-0.4, -0.2) is 58.9 Å². The molecular formula is C8H14O6. The quantitative estimate of drug-likeness (QED) is 0.514. The van der Waals surface area contributed by atoms with E-state index in [0.29, 0.717) is 0 Å². The van der Waals surface area contributed by atoms with Crippen molar-refractivity contribution >= 4 is 5.97 Å². The SMILES string of the molecule is COC1C(O)[C@@H](C)OC(C(=O)O)[C@@H]1O. The van der Waals surface area contributed by atoms with Crippen LogP contribution in [0, 0.1) is 0 Å². The molecule has 0 aromatic rings. The van der Waals surface area contributed by atoms with E-state index in [9.17, 15) is 15.0 Å². The molecule has 3 unspecified atom stereocenters. The monoisotopic (exact) mass is 206 g/mol. The third kappa shape index (κ3) is 1.88. The molecule has 0 aliphatic carbocycles. The van der Waals surface area contributed by atoms with Crippen LogP contribution in [0.3, 0.4) is 0 Å². The number of ether oxygens (including phenoxy) is 2. The number of carboxylic acid groups (broad SMARTS) is 1. The van der Waals surface area contributed by atoms with Gasteiger partial charge in [0.2, 0.25) is 0 Å². The van der Waals surface area contributed by atoms with E-state index in [1.165, 1.54) is 14.0 Å². The largest absolute Gasteiger partial charge is 0.479 e. The molecule has 1 fully saturated rings. The van der Waals surface area contributed by atoms with Crippen LogP contribution in [0.15, 0.2) is 0 Å². The second kappa shape index (κ2) is 4.22. The van der Waals surface area contributed by atoms with Crippen molar-refractivity contribution in [3.63, 3.8) is 0 Å². The summed E-state index contributed by atoms with van der Waals surface area (Å²) in [5.41, 5.74) is 0. The molecule has 1 saturated heterocycles. The number of carbonyl (C=O) groups is 1. The van der Waals surface area contributed by atoms with E-state index >= 15 is 0 Å². The average molecular weight is 206 g/mol. The van der Waals surface area contributed by atoms with Crippen LogP contribution in [0.4, 0.5) is 0 Å². The summed E-state index contributed by atoms with van der Waals surface area (Å²) < 4.78 is 9.75. The van der Waals surface area contributed by atoms with Crippen molar-refractivity contribution in [3.8, 4) is 0 Å². The Morgan fingerprint density at radius 1 is 1.36 bits per heavy atom. The highest BCUT2D eigenvalue weighted by Gasteiger charge is 2.46. The molecule has 0 radical (unpaired) electrons. The van der Waals surface area contributed by atoms with Crippen LogP contribution in [0.2, 0.25) is 0 Å². The lowest BCUT2D eigenvalue weighted by molar-refractivity contribution is -0.229. The van der Waals surface area contributed by atoms with Crippen molar-refractivity contribution in [1.29, 1.82) is 0 Å². The fourth-order valence-electron chi connectivity index (χ4n) is 1.52. The minimum Gasteiger partial charge on any atom is -0.479 e. The van der Waals surface area contributed by atoms with Gasteiger partial charge in [0.05, 0.1) is 6.10 Å². The summed E-state index contributed by atoms with van der Waals surface area (Å²) in [6.07, 6.45) is -5.34. The topological polar surface area (TPSA) is 96.2 Å². The lowest BCUT2D eigenvalue weighted by Crippen LogP contribution is -2.59. The number of hydrogen-bond acceptors (Lipinski definition) is 5. The molecule has 1 aliphatic heterocycles. The zero-order chi connectivity index (χ0) is 10.9. The van der Waals surface area contributed by atoms with Gasteiger partial charge in [-0.15, -0.1) is 0 Å². The molecule has 0 saturated carbocycles. The highest BCUT2D eigenvalue weighted by Crippen LogP contribution is 2.22. The van der Waals surface area contributed by atoms with Crippen molar-refractivity contribution in [2.24, 2.45) is 0 Å². The first-order chi connectivity index (χ1) is 6.49. The van der Waals surface area contributed by atoms with Gasteiger partial charge in [-0.3, -0.25) is 0 Å². The lowest BCUT2D eigenvalue weighted by atomic mass is 9.95. The number of aliphatic hydroxyl groups excluding tert-OH is 2. The van der Waals surface area contributed by atoms with Crippen LogP contribution < -0.4 is 0 Å². The first kappa shape index (κ1) is 11.4. The summed E-state index contributed by atoms with van der Waals surface area (Å²) in [5, 5.41) is 27.7. The van der Waals surface area contributed by atoms with Crippen molar-refractivity contribution < 1.29 is 29.6 Å². The summed E-state index contributed by atoms with van der Waals surface area (Å²) in [6.45, 7) is 1.53. The molecule has 1 heterocycles. The molecule has 5 atom stereocenters. The maximum absolute atomic E-state index is 10.7. The molecule has 0 amide bonds. The summed E-state index contributed by atoms with van der Waals surface area (Å²) in [7, 11) is 1.30. The van der Waals surface area contributed by atoms with Gasteiger partial charge in [-0.05, 0) is 6.92 Å². The Morgan fingerprint density at radius 2 is 1.93 bits per heavy atom. The molecule has 0 spiro atoms. The number of aliphatic carboxylic acids is 1. The molecule has 1 rings (SSSR count).